The molecule has 146 valence electrons. The number of alkyl halides is 3. The van der Waals surface area contributed by atoms with Gasteiger partial charge in [-0.2, -0.15) is 23.1 Å². The number of aromatic nitrogens is 3. The first-order chi connectivity index (χ1) is 13.2. The summed E-state index contributed by atoms with van der Waals surface area (Å²) in [6.07, 6.45) is -4.38. The number of fused-ring (bicyclic) bond motifs is 1. The molecule has 0 aliphatic carbocycles. The highest BCUT2D eigenvalue weighted by Crippen LogP contribution is 2.34. The van der Waals surface area contributed by atoms with E-state index < -0.39 is 16.7 Å². The number of benzene rings is 1. The minimum atomic E-state index is -4.38. The van der Waals surface area contributed by atoms with Crippen LogP contribution in [0.4, 0.5) is 19.1 Å². The van der Waals surface area contributed by atoms with Crippen LogP contribution in [0, 0.1) is 13.8 Å². The topological polar surface area (TPSA) is 51.0 Å². The molecule has 0 amide bonds. The zero-order chi connectivity index (χ0) is 20.1. The van der Waals surface area contributed by atoms with E-state index in [0.717, 1.165) is 6.07 Å². The molecule has 5 nitrogen and oxygen atoms in total. The van der Waals surface area contributed by atoms with Gasteiger partial charge in [-0.1, -0.05) is 23.8 Å². The van der Waals surface area contributed by atoms with E-state index >= 15 is 0 Å². The third kappa shape index (κ3) is 3.54. The van der Waals surface area contributed by atoms with E-state index in [-0.39, 0.29) is 6.54 Å². The number of nitrogens with zero attached hydrogens (tertiary/aromatic N) is 4. The van der Waals surface area contributed by atoms with Gasteiger partial charge in [-0.05, 0) is 37.1 Å². The molecular weight excluding hydrogens is 389 g/mol. The summed E-state index contributed by atoms with van der Waals surface area (Å²) in [6.45, 7) is 4.96. The molecule has 0 saturated heterocycles. The van der Waals surface area contributed by atoms with Crippen LogP contribution in [-0.2, 0) is 25.8 Å². The van der Waals surface area contributed by atoms with E-state index in [1.54, 1.807) is 6.92 Å². The van der Waals surface area contributed by atoms with Crippen molar-refractivity contribution in [2.75, 3.05) is 4.90 Å². The molecule has 0 saturated carbocycles. The average molecular weight is 406 g/mol. The molecule has 0 fully saturated rings. The summed E-state index contributed by atoms with van der Waals surface area (Å²) in [4.78, 5) is 22.7. The smallest absolute Gasteiger partial charge is 0.332 e. The number of anilines is 1. The van der Waals surface area contributed by atoms with Crippen LogP contribution < -0.4 is 10.6 Å². The van der Waals surface area contributed by atoms with Crippen molar-refractivity contribution in [1.29, 1.82) is 0 Å². The van der Waals surface area contributed by atoms with Crippen LogP contribution in [0.5, 0.6) is 0 Å². The maximum absolute atomic E-state index is 12.8. The van der Waals surface area contributed by atoms with Gasteiger partial charge in [-0.3, -0.25) is 4.57 Å². The number of halogens is 3. The van der Waals surface area contributed by atoms with E-state index in [1.165, 1.54) is 27.3 Å². The number of aryl methyl sites for hydroxylation is 2. The lowest BCUT2D eigenvalue weighted by atomic mass is 10.1. The molecule has 3 aromatic rings. The molecule has 0 bridgehead atoms. The van der Waals surface area contributed by atoms with E-state index in [1.807, 2.05) is 17.9 Å². The first kappa shape index (κ1) is 18.7. The summed E-state index contributed by atoms with van der Waals surface area (Å²) in [5.74, 6) is 0.763. The Balaban J connectivity index is 1.58. The van der Waals surface area contributed by atoms with E-state index in [4.69, 9.17) is 0 Å². The molecule has 0 radical (unpaired) electrons. The molecule has 1 aliphatic rings. The summed E-state index contributed by atoms with van der Waals surface area (Å²) >= 11 is 0.624. The van der Waals surface area contributed by atoms with Crippen LogP contribution in [0.15, 0.2) is 35.1 Å². The molecule has 9 heteroatoms. The highest BCUT2D eigenvalue weighted by molar-refractivity contribution is 7.12. The molecule has 1 aromatic carbocycles. The molecule has 3 heterocycles. The van der Waals surface area contributed by atoms with Gasteiger partial charge in [-0.25, -0.2) is 4.79 Å². The first-order valence-electron chi connectivity index (χ1n) is 8.65. The number of thiophene rings is 1. The number of hydrogen-bond donors (Lipinski definition) is 0. The van der Waals surface area contributed by atoms with Crippen molar-refractivity contribution in [3.05, 3.63) is 73.1 Å². The molecule has 0 atom stereocenters. The molecular formula is C19H17F3N4OS. The SMILES string of the molecule is Cc1ccc2c(c1)CN(c1nc(C)n(Cc3ccc(C(F)(F)F)s3)c(=O)n1)C2. The lowest BCUT2D eigenvalue weighted by Crippen LogP contribution is -2.30. The molecule has 0 unspecified atom stereocenters. The largest absolute Gasteiger partial charge is 0.425 e. The maximum Gasteiger partial charge on any atom is 0.425 e. The third-order valence-corrected chi connectivity index (χ3v) is 5.82. The van der Waals surface area contributed by atoms with Gasteiger partial charge in [0.15, 0.2) is 0 Å². The van der Waals surface area contributed by atoms with Gasteiger partial charge in [0.2, 0.25) is 5.95 Å². The van der Waals surface area contributed by atoms with Gasteiger partial charge in [0, 0.05) is 18.0 Å². The summed E-state index contributed by atoms with van der Waals surface area (Å²) in [7, 11) is 0. The Bertz CT molecular complexity index is 1100. The van der Waals surface area contributed by atoms with Crippen LogP contribution in [0.1, 0.15) is 32.3 Å². The predicted molar refractivity (Wildman–Crippen MR) is 101 cm³/mol. The van der Waals surface area contributed by atoms with Crippen molar-refractivity contribution < 1.29 is 13.2 Å². The molecule has 2 aromatic heterocycles. The van der Waals surface area contributed by atoms with Gasteiger partial charge in [0.25, 0.3) is 0 Å². The second-order valence-electron chi connectivity index (χ2n) is 6.83. The zero-order valence-corrected chi connectivity index (χ0v) is 16.1. The molecule has 28 heavy (non-hydrogen) atoms. The standard InChI is InChI=1S/C19H17F3N4OS/c1-11-3-4-13-8-25(9-14(13)7-11)17-23-12(2)26(18(27)24-17)10-15-5-6-16(28-15)19(20,21)22/h3-7H,8-10H2,1-2H3. The van der Waals surface area contributed by atoms with Crippen molar-refractivity contribution in [3.8, 4) is 0 Å². The number of rotatable bonds is 3. The van der Waals surface area contributed by atoms with Crippen molar-refractivity contribution in [3.63, 3.8) is 0 Å². The lowest BCUT2D eigenvalue weighted by molar-refractivity contribution is -0.134. The Morgan fingerprint density at radius 2 is 1.82 bits per heavy atom. The molecule has 0 N–H and O–H groups in total. The van der Waals surface area contributed by atoms with Gasteiger partial charge in [-0.15, -0.1) is 11.3 Å². The Morgan fingerprint density at radius 1 is 1.07 bits per heavy atom. The normalized spacial score (nSPS) is 13.8. The lowest BCUT2D eigenvalue weighted by Gasteiger charge is -2.17. The van der Waals surface area contributed by atoms with Crippen LogP contribution in [-0.4, -0.2) is 14.5 Å². The van der Waals surface area contributed by atoms with Gasteiger partial charge < -0.3 is 4.90 Å². The molecule has 1 aliphatic heterocycles. The third-order valence-electron chi connectivity index (χ3n) is 4.70. The fourth-order valence-corrected chi connectivity index (χ4v) is 4.14. The van der Waals surface area contributed by atoms with Crippen molar-refractivity contribution >= 4 is 17.3 Å². The summed E-state index contributed by atoms with van der Waals surface area (Å²) in [5.41, 5.74) is 3.01. The van der Waals surface area contributed by atoms with Crippen molar-refractivity contribution in [2.45, 2.75) is 39.7 Å². The minimum absolute atomic E-state index is 0.0190. The molecule has 0 spiro atoms. The second-order valence-corrected chi connectivity index (χ2v) is 8.00. The fraction of sp³-hybridized carbons (Fsp3) is 0.316. The summed E-state index contributed by atoms with van der Waals surface area (Å²) in [5, 5.41) is 0. The highest BCUT2D eigenvalue weighted by atomic mass is 32.1. The summed E-state index contributed by atoms with van der Waals surface area (Å²) in [6, 6.07) is 8.63. The predicted octanol–water partition coefficient (Wildman–Crippen LogP) is 3.90. The van der Waals surface area contributed by atoms with E-state index in [9.17, 15) is 18.0 Å². The Labute approximate surface area is 163 Å². The molecule has 4 rings (SSSR count). The zero-order valence-electron chi connectivity index (χ0n) is 15.2. The summed E-state index contributed by atoms with van der Waals surface area (Å²) < 4.78 is 39.6. The van der Waals surface area contributed by atoms with E-state index in [2.05, 4.69) is 22.1 Å². The van der Waals surface area contributed by atoms with Crippen LogP contribution in [0.25, 0.3) is 0 Å². The average Bonchev–Trinajstić information content (AvgIpc) is 3.24. The van der Waals surface area contributed by atoms with Crippen molar-refractivity contribution in [1.82, 2.24) is 14.5 Å². The Hall–Kier alpha value is -2.68. The quantitative estimate of drug-likeness (QED) is 0.662. The highest BCUT2D eigenvalue weighted by Gasteiger charge is 2.32. The second kappa shape index (κ2) is 6.73. The fourth-order valence-electron chi connectivity index (χ4n) is 3.27. The van der Waals surface area contributed by atoms with Gasteiger partial charge in [0.05, 0.1) is 6.54 Å². The van der Waals surface area contributed by atoms with Crippen molar-refractivity contribution in [2.24, 2.45) is 0 Å². The van der Waals surface area contributed by atoms with Gasteiger partial charge >= 0.3 is 11.9 Å². The van der Waals surface area contributed by atoms with Crippen LogP contribution >= 0.6 is 11.3 Å². The Morgan fingerprint density at radius 3 is 2.50 bits per heavy atom. The maximum atomic E-state index is 12.8. The number of hydrogen-bond acceptors (Lipinski definition) is 5. The van der Waals surface area contributed by atoms with E-state index in [0.29, 0.717) is 41.1 Å². The Kier molecular flexibility index (Phi) is 4.49. The van der Waals surface area contributed by atoms with Gasteiger partial charge in [0.1, 0.15) is 10.7 Å². The monoisotopic (exact) mass is 406 g/mol. The van der Waals surface area contributed by atoms with Crippen LogP contribution in [0.2, 0.25) is 0 Å². The van der Waals surface area contributed by atoms with Crippen LogP contribution in [0.3, 0.4) is 0 Å². The minimum Gasteiger partial charge on any atom is -0.332 e. The first-order valence-corrected chi connectivity index (χ1v) is 9.47.